The number of ether oxygens (including phenoxy) is 5. The van der Waals surface area contributed by atoms with E-state index in [0.717, 1.165) is 5.56 Å². The van der Waals surface area contributed by atoms with Crippen molar-refractivity contribution < 1.29 is 32.5 Å². The standard InChI is InChI=1S/C21H25F2N3O5/c1-4-24-21(25-10-13-6-5-7-15(27-2)19(13)28-3)26-11-14-8-17-18(30-12-29-17)9-16(14)31-20(22)23/h5-9,20H,4,10-12H2,1-3H3,(H2,24,25,26). The van der Waals surface area contributed by atoms with Gasteiger partial charge in [0.2, 0.25) is 6.79 Å². The van der Waals surface area contributed by atoms with Crippen LogP contribution in [0.4, 0.5) is 8.78 Å². The van der Waals surface area contributed by atoms with Gasteiger partial charge in [0, 0.05) is 30.3 Å². The van der Waals surface area contributed by atoms with Crippen molar-refractivity contribution in [1.82, 2.24) is 10.6 Å². The number of alkyl halides is 2. The van der Waals surface area contributed by atoms with Gasteiger partial charge < -0.3 is 34.3 Å². The first-order chi connectivity index (χ1) is 15.0. The molecule has 2 aromatic rings. The summed E-state index contributed by atoms with van der Waals surface area (Å²) in [6.07, 6.45) is 0. The third kappa shape index (κ3) is 5.59. The molecule has 0 fully saturated rings. The SMILES string of the molecule is CCNC(=NCc1cc2c(cc1OC(F)F)OCO2)NCc1cccc(OC)c1OC. The Kier molecular flexibility index (Phi) is 7.58. The quantitative estimate of drug-likeness (QED) is 0.460. The molecule has 2 N–H and O–H groups in total. The fourth-order valence-electron chi connectivity index (χ4n) is 3.07. The topological polar surface area (TPSA) is 82.6 Å². The number of aliphatic imine (C=N–C) groups is 1. The predicted octanol–water partition coefficient (Wildman–Crippen LogP) is 3.29. The Bertz CT molecular complexity index is 924. The van der Waals surface area contributed by atoms with Crippen LogP contribution in [0.25, 0.3) is 0 Å². The van der Waals surface area contributed by atoms with Gasteiger partial charge in [-0.3, -0.25) is 0 Å². The van der Waals surface area contributed by atoms with E-state index in [-0.39, 0.29) is 19.1 Å². The van der Waals surface area contributed by atoms with Crippen LogP contribution in [0.1, 0.15) is 18.1 Å². The number of rotatable bonds is 9. The number of hydrogen-bond donors (Lipinski definition) is 2. The second kappa shape index (κ2) is 10.6. The largest absolute Gasteiger partial charge is 0.493 e. The number of guanidine groups is 1. The molecule has 0 aromatic heterocycles. The van der Waals surface area contributed by atoms with Gasteiger partial charge in [0.05, 0.1) is 20.8 Å². The van der Waals surface area contributed by atoms with Crippen molar-refractivity contribution in [2.45, 2.75) is 26.6 Å². The minimum Gasteiger partial charge on any atom is -0.493 e. The summed E-state index contributed by atoms with van der Waals surface area (Å²) < 4.78 is 51.7. The summed E-state index contributed by atoms with van der Waals surface area (Å²) in [5, 5.41) is 6.33. The fraction of sp³-hybridized carbons (Fsp3) is 0.381. The van der Waals surface area contributed by atoms with E-state index < -0.39 is 6.61 Å². The summed E-state index contributed by atoms with van der Waals surface area (Å²) in [4.78, 5) is 4.49. The van der Waals surface area contributed by atoms with Crippen molar-refractivity contribution >= 4 is 5.96 Å². The van der Waals surface area contributed by atoms with Gasteiger partial charge in [-0.15, -0.1) is 0 Å². The van der Waals surface area contributed by atoms with Crippen LogP contribution in [-0.4, -0.2) is 40.1 Å². The second-order valence-electron chi connectivity index (χ2n) is 6.39. The van der Waals surface area contributed by atoms with Crippen LogP contribution in [-0.2, 0) is 13.1 Å². The number of hydrogen-bond acceptors (Lipinski definition) is 6. The highest BCUT2D eigenvalue weighted by atomic mass is 19.3. The zero-order valence-electron chi connectivity index (χ0n) is 17.5. The van der Waals surface area contributed by atoms with Crippen LogP contribution < -0.4 is 34.3 Å². The normalized spacial score (nSPS) is 12.6. The van der Waals surface area contributed by atoms with Gasteiger partial charge in [-0.1, -0.05) is 12.1 Å². The Labute approximate surface area is 179 Å². The van der Waals surface area contributed by atoms with Gasteiger partial charge in [-0.05, 0) is 19.1 Å². The minimum absolute atomic E-state index is 0.00619. The van der Waals surface area contributed by atoms with Gasteiger partial charge in [0.15, 0.2) is 29.0 Å². The molecule has 1 aliphatic rings. The summed E-state index contributed by atoms with van der Waals surface area (Å²) in [7, 11) is 3.15. The molecule has 0 saturated carbocycles. The van der Waals surface area contributed by atoms with E-state index in [9.17, 15) is 8.78 Å². The van der Waals surface area contributed by atoms with Crippen LogP contribution >= 0.6 is 0 Å². The predicted molar refractivity (Wildman–Crippen MR) is 110 cm³/mol. The molecule has 8 nitrogen and oxygen atoms in total. The maximum atomic E-state index is 12.8. The molecule has 1 aliphatic heterocycles. The molecule has 0 aliphatic carbocycles. The van der Waals surface area contributed by atoms with Crippen molar-refractivity contribution in [2.24, 2.45) is 4.99 Å². The summed E-state index contributed by atoms with van der Waals surface area (Å²) in [6.45, 7) is 0.104. The van der Waals surface area contributed by atoms with Crippen LogP contribution in [0.3, 0.4) is 0 Å². The molecular formula is C21H25F2N3O5. The summed E-state index contributed by atoms with van der Waals surface area (Å²) in [5.74, 6) is 2.56. The molecule has 0 saturated heterocycles. The van der Waals surface area contributed by atoms with Gasteiger partial charge >= 0.3 is 6.61 Å². The van der Waals surface area contributed by atoms with Crippen LogP contribution in [0.2, 0.25) is 0 Å². The summed E-state index contributed by atoms with van der Waals surface area (Å²) in [5.41, 5.74) is 1.32. The smallest absolute Gasteiger partial charge is 0.387 e. The Balaban J connectivity index is 1.77. The summed E-state index contributed by atoms with van der Waals surface area (Å²) in [6, 6.07) is 8.57. The number of benzene rings is 2. The van der Waals surface area contributed by atoms with Crippen molar-refractivity contribution in [1.29, 1.82) is 0 Å². The van der Waals surface area contributed by atoms with E-state index in [1.165, 1.54) is 6.07 Å². The minimum atomic E-state index is -2.96. The van der Waals surface area contributed by atoms with Crippen LogP contribution in [0.15, 0.2) is 35.3 Å². The lowest BCUT2D eigenvalue weighted by atomic mass is 10.1. The van der Waals surface area contributed by atoms with Gasteiger partial charge in [0.1, 0.15) is 5.75 Å². The van der Waals surface area contributed by atoms with Crippen molar-refractivity contribution in [3.05, 3.63) is 41.5 Å². The lowest BCUT2D eigenvalue weighted by Crippen LogP contribution is -2.36. The number of halogens is 2. The average Bonchev–Trinajstić information content (AvgIpc) is 3.21. The Morgan fingerprint density at radius 3 is 2.52 bits per heavy atom. The molecule has 168 valence electrons. The van der Waals surface area contributed by atoms with E-state index in [1.807, 2.05) is 25.1 Å². The van der Waals surface area contributed by atoms with Gasteiger partial charge in [-0.25, -0.2) is 4.99 Å². The zero-order valence-corrected chi connectivity index (χ0v) is 17.5. The number of methoxy groups -OCH3 is 2. The highest BCUT2D eigenvalue weighted by Gasteiger charge is 2.20. The van der Waals surface area contributed by atoms with E-state index in [4.69, 9.17) is 18.9 Å². The zero-order chi connectivity index (χ0) is 22.2. The van der Waals surface area contributed by atoms with Crippen LogP contribution in [0, 0.1) is 0 Å². The molecule has 0 radical (unpaired) electrons. The summed E-state index contributed by atoms with van der Waals surface area (Å²) >= 11 is 0. The molecule has 2 aromatic carbocycles. The molecule has 0 unspecified atom stereocenters. The van der Waals surface area contributed by atoms with E-state index >= 15 is 0 Å². The highest BCUT2D eigenvalue weighted by molar-refractivity contribution is 5.80. The van der Waals surface area contributed by atoms with E-state index in [0.29, 0.717) is 47.6 Å². The molecule has 3 rings (SSSR count). The fourth-order valence-corrected chi connectivity index (χ4v) is 3.07. The number of nitrogens with one attached hydrogen (secondary N) is 2. The molecule has 0 bridgehead atoms. The first-order valence-electron chi connectivity index (χ1n) is 9.65. The van der Waals surface area contributed by atoms with Gasteiger partial charge in [-0.2, -0.15) is 8.78 Å². The Hall–Kier alpha value is -3.43. The lowest BCUT2D eigenvalue weighted by molar-refractivity contribution is -0.0505. The molecular weight excluding hydrogens is 412 g/mol. The third-order valence-electron chi connectivity index (χ3n) is 4.45. The van der Waals surface area contributed by atoms with Crippen LogP contribution in [0.5, 0.6) is 28.7 Å². The Morgan fingerprint density at radius 2 is 1.84 bits per heavy atom. The maximum Gasteiger partial charge on any atom is 0.387 e. The van der Waals surface area contributed by atoms with Gasteiger partial charge in [0.25, 0.3) is 0 Å². The molecule has 0 spiro atoms. The molecule has 1 heterocycles. The Morgan fingerprint density at radius 1 is 1.06 bits per heavy atom. The van der Waals surface area contributed by atoms with E-state index in [1.54, 1.807) is 20.3 Å². The average molecular weight is 437 g/mol. The number of fused-ring (bicyclic) bond motifs is 1. The molecule has 10 heteroatoms. The number of para-hydroxylation sites is 1. The second-order valence-corrected chi connectivity index (χ2v) is 6.39. The van der Waals surface area contributed by atoms with E-state index in [2.05, 4.69) is 20.4 Å². The molecule has 0 atom stereocenters. The molecule has 0 amide bonds. The highest BCUT2D eigenvalue weighted by Crippen LogP contribution is 2.39. The maximum absolute atomic E-state index is 12.8. The first kappa shape index (κ1) is 22.3. The number of nitrogens with zero attached hydrogens (tertiary/aromatic N) is 1. The van der Waals surface area contributed by atoms with Crippen molar-refractivity contribution in [3.63, 3.8) is 0 Å². The monoisotopic (exact) mass is 437 g/mol. The third-order valence-corrected chi connectivity index (χ3v) is 4.45. The molecule has 31 heavy (non-hydrogen) atoms. The van der Waals surface area contributed by atoms with Crippen molar-refractivity contribution in [2.75, 3.05) is 27.6 Å². The van der Waals surface area contributed by atoms with Crippen molar-refractivity contribution in [3.8, 4) is 28.7 Å². The lowest BCUT2D eigenvalue weighted by Gasteiger charge is -2.16. The first-order valence-corrected chi connectivity index (χ1v) is 9.65.